The van der Waals surface area contributed by atoms with Gasteiger partial charge in [0.2, 0.25) is 0 Å². The van der Waals surface area contributed by atoms with Crippen LogP contribution in [0.25, 0.3) is 10.9 Å². The number of aromatic amines is 1. The Morgan fingerprint density at radius 2 is 2.24 bits per heavy atom. The molecule has 0 radical (unpaired) electrons. The molecule has 0 amide bonds. The number of hydrogen-bond acceptors (Lipinski definition) is 3. The highest BCUT2D eigenvalue weighted by Crippen LogP contribution is 2.14. The zero-order valence-electron chi connectivity index (χ0n) is 9.31. The van der Waals surface area contributed by atoms with Crippen molar-refractivity contribution in [1.29, 1.82) is 0 Å². The van der Waals surface area contributed by atoms with Crippen LogP contribution in [-0.2, 0) is 13.1 Å². The Hall–Kier alpha value is -1.65. The predicted molar refractivity (Wildman–Crippen MR) is 71.0 cm³/mol. The molecule has 0 aliphatic rings. The number of hydrogen-bond donors (Lipinski definition) is 2. The number of nitrogens with zero attached hydrogens (tertiary/aromatic N) is 1. The van der Waals surface area contributed by atoms with Gasteiger partial charge < -0.3 is 10.3 Å². The summed E-state index contributed by atoms with van der Waals surface area (Å²) in [7, 11) is 0. The molecule has 3 aromatic rings. The first kappa shape index (κ1) is 10.5. The van der Waals surface area contributed by atoms with Gasteiger partial charge in [-0.2, -0.15) is 0 Å². The summed E-state index contributed by atoms with van der Waals surface area (Å²) in [5.74, 6) is 0. The normalized spacial score (nSPS) is 11.1. The van der Waals surface area contributed by atoms with Crippen molar-refractivity contribution in [2.24, 2.45) is 0 Å². The lowest BCUT2D eigenvalue weighted by Gasteiger charge is -2.03. The van der Waals surface area contributed by atoms with E-state index in [0.29, 0.717) is 0 Å². The zero-order chi connectivity index (χ0) is 11.5. The number of H-pyrrole nitrogens is 1. The van der Waals surface area contributed by atoms with Gasteiger partial charge in [0.15, 0.2) is 0 Å². The van der Waals surface area contributed by atoms with Gasteiger partial charge >= 0.3 is 0 Å². The van der Waals surface area contributed by atoms with Crippen molar-refractivity contribution in [2.45, 2.75) is 13.1 Å². The summed E-state index contributed by atoms with van der Waals surface area (Å²) in [6.45, 7) is 1.70. The summed E-state index contributed by atoms with van der Waals surface area (Å²) >= 11 is 1.68. The molecule has 0 fully saturated rings. The van der Waals surface area contributed by atoms with Crippen molar-refractivity contribution >= 4 is 22.2 Å². The van der Waals surface area contributed by atoms with Crippen LogP contribution in [0.15, 0.2) is 42.0 Å². The average molecular weight is 243 g/mol. The van der Waals surface area contributed by atoms with Crippen LogP contribution in [-0.4, -0.2) is 9.97 Å². The van der Waals surface area contributed by atoms with Gasteiger partial charge in [-0.25, -0.2) is 4.98 Å². The van der Waals surface area contributed by atoms with E-state index < -0.39 is 0 Å². The molecule has 2 aromatic heterocycles. The standard InChI is InChI=1S/C13H13N3S/c1-2-11-3-4-15-12(11)7-10(1)8-14-9-13-16-5-6-17-13/h1-7,14-15H,8-9H2. The Morgan fingerprint density at radius 1 is 1.24 bits per heavy atom. The monoisotopic (exact) mass is 243 g/mol. The number of rotatable bonds is 4. The Balaban J connectivity index is 1.64. The average Bonchev–Trinajstić information content (AvgIpc) is 2.98. The zero-order valence-corrected chi connectivity index (χ0v) is 10.1. The molecule has 3 rings (SSSR count). The summed E-state index contributed by atoms with van der Waals surface area (Å²) in [4.78, 5) is 7.46. The van der Waals surface area contributed by atoms with E-state index in [4.69, 9.17) is 0 Å². The van der Waals surface area contributed by atoms with Crippen LogP contribution in [0.2, 0.25) is 0 Å². The van der Waals surface area contributed by atoms with Gasteiger partial charge in [0.05, 0.1) is 0 Å². The van der Waals surface area contributed by atoms with Crippen molar-refractivity contribution in [3.63, 3.8) is 0 Å². The molecule has 3 nitrogen and oxygen atoms in total. The molecule has 2 heterocycles. The Morgan fingerprint density at radius 3 is 3.12 bits per heavy atom. The summed E-state index contributed by atoms with van der Waals surface area (Å²) in [5.41, 5.74) is 2.48. The van der Waals surface area contributed by atoms with E-state index in [2.05, 4.69) is 39.6 Å². The second-order valence-corrected chi connectivity index (χ2v) is 4.91. The molecular formula is C13H13N3S. The van der Waals surface area contributed by atoms with E-state index in [0.717, 1.165) is 18.1 Å². The van der Waals surface area contributed by atoms with E-state index in [1.165, 1.54) is 16.5 Å². The van der Waals surface area contributed by atoms with E-state index >= 15 is 0 Å². The minimum atomic E-state index is 0.834. The fourth-order valence-electron chi connectivity index (χ4n) is 1.86. The highest BCUT2D eigenvalue weighted by atomic mass is 32.1. The number of nitrogens with one attached hydrogen (secondary N) is 2. The summed E-state index contributed by atoms with van der Waals surface area (Å²) in [6.07, 6.45) is 3.81. The maximum atomic E-state index is 4.24. The highest BCUT2D eigenvalue weighted by molar-refractivity contribution is 7.09. The second kappa shape index (κ2) is 4.69. The van der Waals surface area contributed by atoms with Crippen LogP contribution in [0.5, 0.6) is 0 Å². The van der Waals surface area contributed by atoms with Gasteiger partial charge in [-0.05, 0) is 23.1 Å². The van der Waals surface area contributed by atoms with Crippen molar-refractivity contribution in [1.82, 2.24) is 15.3 Å². The first-order chi connectivity index (χ1) is 8.42. The van der Waals surface area contributed by atoms with Crippen molar-refractivity contribution in [2.75, 3.05) is 0 Å². The van der Waals surface area contributed by atoms with Crippen LogP contribution in [0.4, 0.5) is 0 Å². The third-order valence-corrected chi connectivity index (χ3v) is 3.49. The largest absolute Gasteiger partial charge is 0.361 e. The van der Waals surface area contributed by atoms with E-state index in [1.807, 2.05) is 17.8 Å². The molecule has 1 aromatic carbocycles. The van der Waals surface area contributed by atoms with Gasteiger partial charge in [0.1, 0.15) is 5.01 Å². The lowest BCUT2D eigenvalue weighted by Crippen LogP contribution is -2.12. The smallest absolute Gasteiger partial charge is 0.106 e. The molecule has 17 heavy (non-hydrogen) atoms. The molecule has 0 saturated heterocycles. The molecule has 0 aliphatic heterocycles. The van der Waals surface area contributed by atoms with Gasteiger partial charge in [-0.15, -0.1) is 11.3 Å². The topological polar surface area (TPSA) is 40.7 Å². The van der Waals surface area contributed by atoms with Crippen LogP contribution in [0.1, 0.15) is 10.6 Å². The van der Waals surface area contributed by atoms with Crippen LogP contribution >= 0.6 is 11.3 Å². The molecule has 4 heteroatoms. The van der Waals surface area contributed by atoms with E-state index in [1.54, 1.807) is 11.3 Å². The Bertz CT molecular complexity index is 598. The van der Waals surface area contributed by atoms with E-state index in [-0.39, 0.29) is 0 Å². The Kier molecular flexibility index (Phi) is 2.90. The molecule has 0 unspecified atom stereocenters. The molecule has 0 bridgehead atoms. The lowest BCUT2D eigenvalue weighted by molar-refractivity contribution is 0.690. The summed E-state index contributed by atoms with van der Waals surface area (Å²) in [5, 5.41) is 7.79. The molecule has 86 valence electrons. The molecule has 2 N–H and O–H groups in total. The van der Waals surface area contributed by atoms with Crippen molar-refractivity contribution in [3.8, 4) is 0 Å². The summed E-state index contributed by atoms with van der Waals surface area (Å²) < 4.78 is 0. The van der Waals surface area contributed by atoms with Crippen LogP contribution < -0.4 is 5.32 Å². The maximum Gasteiger partial charge on any atom is 0.106 e. The molecule has 0 atom stereocenters. The van der Waals surface area contributed by atoms with E-state index in [9.17, 15) is 0 Å². The predicted octanol–water partition coefficient (Wildman–Crippen LogP) is 2.91. The van der Waals surface area contributed by atoms with Crippen LogP contribution in [0.3, 0.4) is 0 Å². The lowest BCUT2D eigenvalue weighted by atomic mass is 10.1. The first-order valence-corrected chi connectivity index (χ1v) is 6.45. The number of fused-ring (bicyclic) bond motifs is 1. The SMILES string of the molecule is c1csc(CNCc2ccc3cc[nH]c3c2)n1. The van der Waals surface area contributed by atoms with Gasteiger partial charge in [-0.1, -0.05) is 12.1 Å². The molecule has 0 spiro atoms. The van der Waals surface area contributed by atoms with Crippen molar-refractivity contribution in [3.05, 3.63) is 52.6 Å². The molecule has 0 aliphatic carbocycles. The third-order valence-electron chi connectivity index (χ3n) is 2.71. The van der Waals surface area contributed by atoms with Gasteiger partial charge in [-0.3, -0.25) is 0 Å². The number of benzene rings is 1. The second-order valence-electron chi connectivity index (χ2n) is 3.93. The number of aromatic nitrogens is 2. The third kappa shape index (κ3) is 2.38. The highest BCUT2D eigenvalue weighted by Gasteiger charge is 1.98. The van der Waals surface area contributed by atoms with Crippen molar-refractivity contribution < 1.29 is 0 Å². The number of thiazole rings is 1. The van der Waals surface area contributed by atoms with Crippen LogP contribution in [0, 0.1) is 0 Å². The summed E-state index contributed by atoms with van der Waals surface area (Å²) in [6, 6.07) is 8.57. The minimum Gasteiger partial charge on any atom is -0.361 e. The van der Waals surface area contributed by atoms with Gasteiger partial charge in [0, 0.05) is 36.4 Å². The molecule has 0 saturated carbocycles. The van der Waals surface area contributed by atoms with Gasteiger partial charge in [0.25, 0.3) is 0 Å². The minimum absolute atomic E-state index is 0.834. The first-order valence-electron chi connectivity index (χ1n) is 5.57. The Labute approximate surface area is 104 Å². The fraction of sp³-hybridized carbons (Fsp3) is 0.154. The fourth-order valence-corrected chi connectivity index (χ4v) is 2.44. The maximum absolute atomic E-state index is 4.24. The quantitative estimate of drug-likeness (QED) is 0.739. The molecular weight excluding hydrogens is 230 g/mol.